The minimum Gasteiger partial charge on any atom is -0.342 e. The minimum absolute atomic E-state index is 0.224. The van der Waals surface area contributed by atoms with E-state index < -0.39 is 9.84 Å². The molecule has 1 saturated carbocycles. The van der Waals surface area contributed by atoms with Gasteiger partial charge in [0, 0.05) is 23.8 Å². The number of imidazole rings is 1. The molecule has 5 nitrogen and oxygen atoms in total. The third kappa shape index (κ3) is 3.90. The lowest BCUT2D eigenvalue weighted by Crippen LogP contribution is -2.19. The molecule has 1 aliphatic carbocycles. The van der Waals surface area contributed by atoms with E-state index >= 15 is 0 Å². The molecule has 1 unspecified atom stereocenters. The molecule has 0 radical (unpaired) electrons. The Hall–Kier alpha value is -2.80. The van der Waals surface area contributed by atoms with Crippen molar-refractivity contribution in [3.8, 4) is 0 Å². The molecule has 5 rings (SSSR count). The number of nitrogens with zero attached hydrogens (tertiary/aromatic N) is 2. The standard InChI is InChI=1S/C25H26FN3O2S/c1-15(25-28-23-10-8-19(32(2,30)31)14-24(23)29-25)16-3-5-17(6-4-16)20-11-12-27-22-9-7-18(26)13-21(20)22/h7-17H,3-6H2,1-2H3,(H,28,29)/t15?,16-,17+. The predicted octanol–water partition coefficient (Wildman–Crippen LogP) is 5.73. The SMILES string of the molecule is CC(c1nc2ccc(S(C)(=O)=O)cc2[nH]1)[C@H]1CC[C@@H](c2ccnc3ccc(F)cc32)CC1. The average molecular weight is 452 g/mol. The summed E-state index contributed by atoms with van der Waals surface area (Å²) < 4.78 is 37.6. The van der Waals surface area contributed by atoms with Gasteiger partial charge in [0.05, 0.1) is 21.4 Å². The molecule has 166 valence electrons. The van der Waals surface area contributed by atoms with Gasteiger partial charge in [-0.2, -0.15) is 0 Å². The Morgan fingerprint density at radius 1 is 1.03 bits per heavy atom. The van der Waals surface area contributed by atoms with Gasteiger partial charge in [0.1, 0.15) is 11.6 Å². The molecule has 2 aromatic heterocycles. The lowest BCUT2D eigenvalue weighted by molar-refractivity contribution is 0.286. The summed E-state index contributed by atoms with van der Waals surface area (Å²) in [5.74, 6) is 1.82. The van der Waals surface area contributed by atoms with Crippen molar-refractivity contribution in [2.75, 3.05) is 6.26 Å². The first-order valence-corrected chi connectivity index (χ1v) is 12.9. The van der Waals surface area contributed by atoms with Gasteiger partial charge in [-0.15, -0.1) is 0 Å². The molecule has 7 heteroatoms. The van der Waals surface area contributed by atoms with Gasteiger partial charge in [0.15, 0.2) is 9.84 Å². The number of hydrogen-bond acceptors (Lipinski definition) is 4. The van der Waals surface area contributed by atoms with Gasteiger partial charge in [-0.1, -0.05) is 6.92 Å². The van der Waals surface area contributed by atoms with E-state index in [2.05, 4.69) is 16.9 Å². The van der Waals surface area contributed by atoms with Gasteiger partial charge < -0.3 is 4.98 Å². The molecule has 0 aliphatic heterocycles. The Balaban J connectivity index is 1.34. The van der Waals surface area contributed by atoms with Gasteiger partial charge in [0.2, 0.25) is 0 Å². The van der Waals surface area contributed by atoms with Crippen molar-refractivity contribution in [1.82, 2.24) is 15.0 Å². The molecular formula is C25H26FN3O2S. The molecule has 1 aliphatic rings. The molecule has 0 spiro atoms. The number of H-pyrrole nitrogens is 1. The summed E-state index contributed by atoms with van der Waals surface area (Å²) in [6.07, 6.45) is 7.26. The van der Waals surface area contributed by atoms with Crippen LogP contribution in [0.3, 0.4) is 0 Å². The topological polar surface area (TPSA) is 75.7 Å². The molecule has 1 fully saturated rings. The second-order valence-corrected chi connectivity index (χ2v) is 11.1. The summed E-state index contributed by atoms with van der Waals surface area (Å²) in [5, 5.41) is 0.919. The van der Waals surface area contributed by atoms with Crippen LogP contribution in [0.1, 0.15) is 55.8 Å². The average Bonchev–Trinajstić information content (AvgIpc) is 3.21. The van der Waals surface area contributed by atoms with Gasteiger partial charge in [-0.25, -0.2) is 17.8 Å². The lowest BCUT2D eigenvalue weighted by atomic mass is 9.73. The summed E-state index contributed by atoms with van der Waals surface area (Å²) in [5.41, 5.74) is 3.58. The smallest absolute Gasteiger partial charge is 0.175 e. The molecular weight excluding hydrogens is 425 g/mol. The number of fused-ring (bicyclic) bond motifs is 2. The van der Waals surface area contributed by atoms with E-state index in [1.54, 1.807) is 30.3 Å². The van der Waals surface area contributed by atoms with E-state index in [1.807, 2.05) is 12.3 Å². The second-order valence-electron chi connectivity index (χ2n) is 9.04. The molecule has 32 heavy (non-hydrogen) atoms. The van der Waals surface area contributed by atoms with Gasteiger partial charge in [-0.3, -0.25) is 4.98 Å². The Morgan fingerprint density at radius 2 is 1.78 bits per heavy atom. The van der Waals surface area contributed by atoms with Gasteiger partial charge in [-0.05, 0) is 85.5 Å². The monoisotopic (exact) mass is 451 g/mol. The molecule has 0 amide bonds. The van der Waals surface area contributed by atoms with Crippen LogP contribution in [0, 0.1) is 11.7 Å². The van der Waals surface area contributed by atoms with Crippen molar-refractivity contribution in [1.29, 1.82) is 0 Å². The fourth-order valence-corrected chi connectivity index (χ4v) is 5.75. The van der Waals surface area contributed by atoms with Crippen molar-refractivity contribution >= 4 is 31.8 Å². The van der Waals surface area contributed by atoms with E-state index in [9.17, 15) is 12.8 Å². The van der Waals surface area contributed by atoms with E-state index in [0.717, 1.165) is 53.4 Å². The predicted molar refractivity (Wildman–Crippen MR) is 124 cm³/mol. The molecule has 2 aromatic carbocycles. The largest absolute Gasteiger partial charge is 0.342 e. The quantitative estimate of drug-likeness (QED) is 0.430. The zero-order valence-electron chi connectivity index (χ0n) is 18.2. The van der Waals surface area contributed by atoms with Crippen LogP contribution in [-0.2, 0) is 9.84 Å². The highest BCUT2D eigenvalue weighted by Gasteiger charge is 2.29. The van der Waals surface area contributed by atoms with Crippen LogP contribution in [0.15, 0.2) is 53.6 Å². The van der Waals surface area contributed by atoms with Crippen molar-refractivity contribution < 1.29 is 12.8 Å². The number of hydrogen-bond donors (Lipinski definition) is 1. The number of rotatable bonds is 4. The van der Waals surface area contributed by atoms with Crippen LogP contribution in [0.4, 0.5) is 4.39 Å². The summed E-state index contributed by atoms with van der Waals surface area (Å²) in [4.78, 5) is 12.8. The first kappa shape index (κ1) is 21.1. The first-order valence-electron chi connectivity index (χ1n) is 11.0. The fraction of sp³-hybridized carbons (Fsp3) is 0.360. The Bertz CT molecular complexity index is 1410. The maximum absolute atomic E-state index is 13.8. The van der Waals surface area contributed by atoms with E-state index in [0.29, 0.717) is 16.7 Å². The van der Waals surface area contributed by atoms with Gasteiger partial charge >= 0.3 is 0 Å². The molecule has 0 bridgehead atoms. The Kier molecular flexibility index (Phi) is 5.24. The highest BCUT2D eigenvalue weighted by atomic mass is 32.2. The van der Waals surface area contributed by atoms with Crippen LogP contribution in [0.5, 0.6) is 0 Å². The van der Waals surface area contributed by atoms with Crippen molar-refractivity contribution in [3.63, 3.8) is 0 Å². The Labute approximate surface area is 187 Å². The lowest BCUT2D eigenvalue weighted by Gasteiger charge is -2.32. The van der Waals surface area contributed by atoms with Crippen LogP contribution >= 0.6 is 0 Å². The third-order valence-corrected chi connectivity index (χ3v) is 8.10. The number of aromatic amines is 1. The summed E-state index contributed by atoms with van der Waals surface area (Å²) >= 11 is 0. The zero-order chi connectivity index (χ0) is 22.5. The summed E-state index contributed by atoms with van der Waals surface area (Å²) in [6, 6.07) is 11.9. The maximum Gasteiger partial charge on any atom is 0.175 e. The zero-order valence-corrected chi connectivity index (χ0v) is 19.0. The first-order chi connectivity index (χ1) is 15.3. The molecule has 1 atom stereocenters. The molecule has 0 saturated heterocycles. The highest BCUT2D eigenvalue weighted by Crippen LogP contribution is 2.43. The molecule has 2 heterocycles. The number of aromatic nitrogens is 3. The number of halogens is 1. The van der Waals surface area contributed by atoms with Crippen LogP contribution < -0.4 is 0 Å². The summed E-state index contributed by atoms with van der Waals surface area (Å²) in [7, 11) is -3.25. The molecule has 1 N–H and O–H groups in total. The van der Waals surface area contributed by atoms with Crippen LogP contribution in [0.2, 0.25) is 0 Å². The van der Waals surface area contributed by atoms with Crippen molar-refractivity contribution in [2.45, 2.75) is 49.3 Å². The normalized spacial score (nSPS) is 20.6. The number of pyridine rings is 1. The highest BCUT2D eigenvalue weighted by molar-refractivity contribution is 7.90. The van der Waals surface area contributed by atoms with Gasteiger partial charge in [0.25, 0.3) is 0 Å². The maximum atomic E-state index is 13.8. The minimum atomic E-state index is -3.25. The van der Waals surface area contributed by atoms with Crippen LogP contribution in [0.25, 0.3) is 21.9 Å². The van der Waals surface area contributed by atoms with E-state index in [-0.39, 0.29) is 11.7 Å². The van der Waals surface area contributed by atoms with Crippen molar-refractivity contribution in [3.05, 3.63) is 65.9 Å². The number of benzene rings is 2. The van der Waals surface area contributed by atoms with E-state index in [1.165, 1.54) is 17.9 Å². The summed E-state index contributed by atoms with van der Waals surface area (Å²) in [6.45, 7) is 2.19. The number of sulfone groups is 1. The second kappa shape index (κ2) is 7.96. The fourth-order valence-electron chi connectivity index (χ4n) is 5.10. The van der Waals surface area contributed by atoms with Crippen molar-refractivity contribution in [2.24, 2.45) is 5.92 Å². The van der Waals surface area contributed by atoms with Crippen LogP contribution in [-0.4, -0.2) is 29.6 Å². The number of nitrogens with one attached hydrogen (secondary N) is 1. The Morgan fingerprint density at radius 3 is 2.53 bits per heavy atom. The third-order valence-electron chi connectivity index (χ3n) is 6.99. The van der Waals surface area contributed by atoms with E-state index in [4.69, 9.17) is 4.98 Å². The molecule has 4 aromatic rings.